The van der Waals surface area contributed by atoms with Gasteiger partial charge in [-0.15, -0.1) is 0 Å². The third-order valence-corrected chi connectivity index (χ3v) is 7.96. The van der Waals surface area contributed by atoms with Crippen LogP contribution in [-0.4, -0.2) is 47.2 Å². The fourth-order valence-corrected chi connectivity index (χ4v) is 5.72. The molecule has 46 heavy (non-hydrogen) atoms. The minimum atomic E-state index is -0.822. The number of hydrogen-bond acceptors (Lipinski definition) is 5. The molecular formula is C39H44N2O5. The molecule has 1 saturated heterocycles. The van der Waals surface area contributed by atoms with Crippen molar-refractivity contribution in [3.63, 3.8) is 0 Å². The van der Waals surface area contributed by atoms with Gasteiger partial charge < -0.3 is 24.4 Å². The Kier molecular flexibility index (Phi) is 11.1. The van der Waals surface area contributed by atoms with E-state index in [0.717, 1.165) is 28.0 Å². The molecule has 1 N–H and O–H groups in total. The van der Waals surface area contributed by atoms with Gasteiger partial charge in [-0.1, -0.05) is 103 Å². The molecule has 0 aromatic heterocycles. The predicted molar refractivity (Wildman–Crippen MR) is 179 cm³/mol. The van der Waals surface area contributed by atoms with Gasteiger partial charge >= 0.3 is 6.09 Å². The molecular weight excluding hydrogens is 576 g/mol. The highest BCUT2D eigenvalue weighted by Crippen LogP contribution is 2.27. The zero-order chi connectivity index (χ0) is 32.4. The second-order valence-electron chi connectivity index (χ2n) is 12.7. The summed E-state index contributed by atoms with van der Waals surface area (Å²) in [6, 6.07) is 36.9. The van der Waals surface area contributed by atoms with Crippen LogP contribution in [0.2, 0.25) is 0 Å². The number of benzene rings is 4. The molecule has 3 atom stereocenters. The van der Waals surface area contributed by atoms with Crippen LogP contribution in [0.3, 0.4) is 0 Å². The van der Waals surface area contributed by atoms with Crippen LogP contribution in [-0.2, 0) is 40.3 Å². The number of alkyl carbamates (subject to hydrolysis) is 1. The molecule has 7 nitrogen and oxygen atoms in total. The number of amides is 2. The quantitative estimate of drug-likeness (QED) is 0.182. The Morgan fingerprint density at radius 2 is 1.33 bits per heavy atom. The summed E-state index contributed by atoms with van der Waals surface area (Å²) < 4.78 is 18.0. The molecule has 0 saturated carbocycles. The van der Waals surface area contributed by atoms with Gasteiger partial charge in [0.05, 0.1) is 18.8 Å². The first-order valence-corrected chi connectivity index (χ1v) is 16.0. The second kappa shape index (κ2) is 15.6. The van der Waals surface area contributed by atoms with Crippen LogP contribution in [0.1, 0.15) is 49.4 Å². The van der Waals surface area contributed by atoms with Crippen molar-refractivity contribution in [1.82, 2.24) is 10.2 Å². The summed E-state index contributed by atoms with van der Waals surface area (Å²) >= 11 is 0. The Morgan fingerprint density at radius 3 is 1.91 bits per heavy atom. The maximum absolute atomic E-state index is 14.4. The molecule has 1 heterocycles. The lowest BCUT2D eigenvalue weighted by atomic mass is 10.00. The summed E-state index contributed by atoms with van der Waals surface area (Å²) in [6.07, 6.45) is 0.902. The monoisotopic (exact) mass is 620 g/mol. The Hall–Kier alpha value is -4.62. The van der Waals surface area contributed by atoms with Crippen LogP contribution < -0.4 is 10.1 Å². The van der Waals surface area contributed by atoms with E-state index in [2.05, 4.69) is 17.4 Å². The molecule has 0 spiro atoms. The highest BCUT2D eigenvalue weighted by molar-refractivity contribution is 5.86. The molecule has 240 valence electrons. The van der Waals surface area contributed by atoms with Crippen LogP contribution in [0.15, 0.2) is 115 Å². The van der Waals surface area contributed by atoms with Gasteiger partial charge in [-0.2, -0.15) is 0 Å². The Balaban J connectivity index is 1.33. The van der Waals surface area contributed by atoms with Gasteiger partial charge in [0.15, 0.2) is 0 Å². The lowest BCUT2D eigenvalue weighted by Gasteiger charge is -2.32. The van der Waals surface area contributed by atoms with Crippen molar-refractivity contribution < 1.29 is 23.8 Å². The van der Waals surface area contributed by atoms with Crippen molar-refractivity contribution in [2.24, 2.45) is 0 Å². The molecule has 0 radical (unpaired) electrons. The molecule has 0 aliphatic carbocycles. The number of carbonyl (C=O) groups is 2. The molecule has 1 aliphatic heterocycles. The third kappa shape index (κ3) is 9.69. The zero-order valence-corrected chi connectivity index (χ0v) is 26.9. The van der Waals surface area contributed by atoms with E-state index in [1.165, 1.54) is 0 Å². The topological polar surface area (TPSA) is 77.1 Å². The van der Waals surface area contributed by atoms with Crippen LogP contribution in [0, 0.1) is 0 Å². The van der Waals surface area contributed by atoms with E-state index in [-0.39, 0.29) is 18.1 Å². The lowest BCUT2D eigenvalue weighted by Crippen LogP contribution is -2.53. The molecule has 2 amide bonds. The minimum absolute atomic E-state index is 0.146. The van der Waals surface area contributed by atoms with Crippen LogP contribution in [0.25, 0.3) is 0 Å². The summed E-state index contributed by atoms with van der Waals surface area (Å²) in [5.74, 6) is 0.582. The van der Waals surface area contributed by atoms with Crippen LogP contribution >= 0.6 is 0 Å². The first-order valence-electron chi connectivity index (χ1n) is 16.0. The number of carbonyl (C=O) groups excluding carboxylic acids is 2. The maximum atomic E-state index is 14.4. The maximum Gasteiger partial charge on any atom is 0.408 e. The SMILES string of the molecule is CC(C)(C)OC(=O)N[C@@H](Cc1ccc(OCc2ccccc2)cc1)C(=O)N1CC[C@H](OCc2ccccc2)[C@@H]1Cc1ccccc1. The normalized spacial score (nSPS) is 16.9. The summed E-state index contributed by atoms with van der Waals surface area (Å²) in [7, 11) is 0. The van der Waals surface area contributed by atoms with Gasteiger partial charge in [0.1, 0.15) is 24.0 Å². The summed E-state index contributed by atoms with van der Waals surface area (Å²) in [5, 5.41) is 2.89. The Bertz CT molecular complexity index is 1520. The predicted octanol–water partition coefficient (Wildman–Crippen LogP) is 7.13. The molecule has 0 bridgehead atoms. The number of ether oxygens (including phenoxy) is 3. The first kappa shape index (κ1) is 32.8. The van der Waals surface area contributed by atoms with Crippen molar-refractivity contribution in [3.05, 3.63) is 138 Å². The fraction of sp³-hybridized carbons (Fsp3) is 0.333. The van der Waals surface area contributed by atoms with Gasteiger partial charge in [-0.05, 0) is 68.0 Å². The van der Waals surface area contributed by atoms with E-state index in [0.29, 0.717) is 39.0 Å². The molecule has 1 aliphatic rings. The second-order valence-corrected chi connectivity index (χ2v) is 12.7. The highest BCUT2D eigenvalue weighted by Gasteiger charge is 2.41. The standard InChI is InChI=1S/C39H44N2O5/c1-39(2,3)46-38(43)40-34(25-30-19-21-33(22-20-30)44-27-31-15-9-5-10-16-31)37(42)41-24-23-36(45-28-32-17-11-6-12-18-32)35(41)26-29-13-7-4-8-14-29/h4-22,34-36H,23-28H2,1-3H3,(H,40,43)/t34-,35-,36-/m0/s1. The summed E-state index contributed by atoms with van der Waals surface area (Å²) in [4.78, 5) is 29.3. The number of nitrogens with one attached hydrogen (secondary N) is 1. The molecule has 7 heteroatoms. The van der Waals surface area contributed by atoms with Gasteiger partial charge in [0, 0.05) is 13.0 Å². The first-order chi connectivity index (χ1) is 22.2. The van der Waals surface area contributed by atoms with E-state index < -0.39 is 17.7 Å². The molecule has 1 fully saturated rings. The molecule has 5 rings (SSSR count). The number of hydrogen-bond donors (Lipinski definition) is 1. The number of rotatable bonds is 12. The van der Waals surface area contributed by atoms with E-state index in [1.54, 1.807) is 0 Å². The molecule has 0 unspecified atom stereocenters. The minimum Gasteiger partial charge on any atom is -0.489 e. The van der Waals surface area contributed by atoms with Gasteiger partial charge in [-0.3, -0.25) is 4.79 Å². The smallest absolute Gasteiger partial charge is 0.408 e. The lowest BCUT2D eigenvalue weighted by molar-refractivity contribution is -0.135. The van der Waals surface area contributed by atoms with Crippen LogP contribution in [0.5, 0.6) is 5.75 Å². The molecule has 4 aromatic rings. The van der Waals surface area contributed by atoms with Crippen molar-refractivity contribution in [2.75, 3.05) is 6.54 Å². The largest absolute Gasteiger partial charge is 0.489 e. The van der Waals surface area contributed by atoms with E-state index in [1.807, 2.05) is 129 Å². The average molecular weight is 621 g/mol. The molecule has 4 aromatic carbocycles. The Morgan fingerprint density at radius 1 is 0.761 bits per heavy atom. The van der Waals surface area contributed by atoms with Crippen molar-refractivity contribution in [2.45, 2.75) is 77.0 Å². The van der Waals surface area contributed by atoms with Crippen LogP contribution in [0.4, 0.5) is 4.79 Å². The van der Waals surface area contributed by atoms with Gasteiger partial charge in [0.25, 0.3) is 0 Å². The highest BCUT2D eigenvalue weighted by atomic mass is 16.6. The van der Waals surface area contributed by atoms with Gasteiger partial charge in [-0.25, -0.2) is 4.79 Å². The van der Waals surface area contributed by atoms with Crippen molar-refractivity contribution in [1.29, 1.82) is 0 Å². The van der Waals surface area contributed by atoms with Gasteiger partial charge in [0.2, 0.25) is 5.91 Å². The fourth-order valence-electron chi connectivity index (χ4n) is 5.72. The number of nitrogens with zero attached hydrogens (tertiary/aromatic N) is 1. The van der Waals surface area contributed by atoms with E-state index in [9.17, 15) is 9.59 Å². The van der Waals surface area contributed by atoms with Crippen molar-refractivity contribution in [3.8, 4) is 5.75 Å². The summed E-state index contributed by atoms with van der Waals surface area (Å²) in [5.41, 5.74) is 3.50. The summed E-state index contributed by atoms with van der Waals surface area (Å²) in [6.45, 7) is 6.90. The average Bonchev–Trinajstić information content (AvgIpc) is 3.45. The van der Waals surface area contributed by atoms with Crippen molar-refractivity contribution >= 4 is 12.0 Å². The Labute approximate surface area is 272 Å². The zero-order valence-electron chi connectivity index (χ0n) is 26.9. The number of likely N-dealkylation sites (tertiary alicyclic amines) is 1. The van der Waals surface area contributed by atoms with E-state index in [4.69, 9.17) is 14.2 Å². The van der Waals surface area contributed by atoms with E-state index >= 15 is 0 Å². The third-order valence-electron chi connectivity index (χ3n) is 7.96.